The summed E-state index contributed by atoms with van der Waals surface area (Å²) >= 11 is 5.05. The minimum atomic E-state index is -0.303. The molecule has 1 aromatic rings. The van der Waals surface area contributed by atoms with Crippen LogP contribution in [0.2, 0.25) is 0 Å². The number of aliphatic hydroxyl groups excluding tert-OH is 1. The zero-order valence-electron chi connectivity index (χ0n) is 7.96. The Morgan fingerprint density at radius 3 is 2.54 bits per heavy atom. The highest BCUT2D eigenvalue weighted by Gasteiger charge is 2.12. The molecule has 0 fully saturated rings. The summed E-state index contributed by atoms with van der Waals surface area (Å²) in [6.07, 6.45) is 1.62. The van der Waals surface area contributed by atoms with Crippen molar-refractivity contribution < 1.29 is 5.11 Å². The summed E-state index contributed by atoms with van der Waals surface area (Å²) in [5.41, 5.74) is 1.03. The average Bonchev–Trinajstić information content (AvgIpc) is 2.47. The van der Waals surface area contributed by atoms with Crippen molar-refractivity contribution in [2.45, 2.75) is 32.8 Å². The van der Waals surface area contributed by atoms with Gasteiger partial charge < -0.3 is 5.11 Å². The lowest BCUT2D eigenvalue weighted by atomic mass is 10.0. The Kier molecular flexibility index (Phi) is 4.42. The van der Waals surface area contributed by atoms with E-state index in [4.69, 9.17) is 0 Å². The number of hydrogen-bond donors (Lipinski definition) is 1. The molecule has 0 aromatic carbocycles. The summed E-state index contributed by atoms with van der Waals surface area (Å²) in [6.45, 7) is 4.35. The molecule has 0 amide bonds. The summed E-state index contributed by atoms with van der Waals surface area (Å²) < 4.78 is 1.04. The van der Waals surface area contributed by atoms with E-state index >= 15 is 0 Å². The Balaban J connectivity index is 2.49. The molecule has 13 heavy (non-hydrogen) atoms. The first-order valence-corrected chi connectivity index (χ1v) is 6.24. The maximum absolute atomic E-state index is 9.82. The topological polar surface area (TPSA) is 20.2 Å². The molecular formula is C10H15BrOS. The minimum absolute atomic E-state index is 0.303. The molecule has 0 saturated carbocycles. The summed E-state index contributed by atoms with van der Waals surface area (Å²) in [6, 6.07) is 0. The van der Waals surface area contributed by atoms with E-state index in [1.165, 1.54) is 0 Å². The molecule has 1 nitrogen and oxygen atoms in total. The van der Waals surface area contributed by atoms with Gasteiger partial charge in [-0.15, -0.1) is 0 Å². The molecule has 0 saturated heterocycles. The Morgan fingerprint density at radius 1 is 1.38 bits per heavy atom. The van der Waals surface area contributed by atoms with E-state index in [9.17, 15) is 5.11 Å². The van der Waals surface area contributed by atoms with Gasteiger partial charge in [-0.05, 0) is 40.1 Å². The highest BCUT2D eigenvalue weighted by atomic mass is 79.9. The van der Waals surface area contributed by atoms with Gasteiger partial charge in [0, 0.05) is 15.4 Å². The van der Waals surface area contributed by atoms with E-state index in [2.05, 4.69) is 29.8 Å². The first kappa shape index (κ1) is 11.2. The van der Waals surface area contributed by atoms with Crippen molar-refractivity contribution in [3.8, 4) is 0 Å². The zero-order chi connectivity index (χ0) is 9.84. The van der Waals surface area contributed by atoms with E-state index < -0.39 is 0 Å². The van der Waals surface area contributed by atoms with Crippen LogP contribution in [0.25, 0.3) is 0 Å². The van der Waals surface area contributed by atoms with Gasteiger partial charge >= 0.3 is 0 Å². The average molecular weight is 263 g/mol. The van der Waals surface area contributed by atoms with E-state index in [-0.39, 0.29) is 6.10 Å². The van der Waals surface area contributed by atoms with Crippen molar-refractivity contribution >= 4 is 27.3 Å². The number of rotatable bonds is 4. The number of hydrogen-bond acceptors (Lipinski definition) is 2. The van der Waals surface area contributed by atoms with E-state index in [1.54, 1.807) is 11.3 Å². The predicted molar refractivity (Wildman–Crippen MR) is 61.1 cm³/mol. The van der Waals surface area contributed by atoms with Crippen LogP contribution in [0.1, 0.15) is 38.4 Å². The largest absolute Gasteiger partial charge is 0.388 e. The lowest BCUT2D eigenvalue weighted by molar-refractivity contribution is 0.159. The van der Waals surface area contributed by atoms with Crippen molar-refractivity contribution in [1.82, 2.24) is 0 Å². The molecule has 3 heteroatoms. The molecule has 1 atom stereocenters. The van der Waals surface area contributed by atoms with Crippen LogP contribution in [0.4, 0.5) is 0 Å². The zero-order valence-corrected chi connectivity index (χ0v) is 10.4. The van der Waals surface area contributed by atoms with Gasteiger partial charge in [-0.25, -0.2) is 0 Å². The number of aliphatic hydroxyl groups is 1. The SMILES string of the molecule is CC(C)CCC(O)c1cscc1Br. The molecule has 1 aromatic heterocycles. The highest BCUT2D eigenvalue weighted by Crippen LogP contribution is 2.30. The van der Waals surface area contributed by atoms with Gasteiger partial charge in [-0.2, -0.15) is 11.3 Å². The third-order valence-electron chi connectivity index (χ3n) is 2.02. The number of halogens is 1. The Labute approximate surface area is 91.9 Å². The Morgan fingerprint density at radius 2 is 2.08 bits per heavy atom. The third-order valence-corrected chi connectivity index (χ3v) is 3.77. The monoisotopic (exact) mass is 262 g/mol. The lowest BCUT2D eigenvalue weighted by Gasteiger charge is -2.11. The van der Waals surface area contributed by atoms with Gasteiger partial charge in [0.25, 0.3) is 0 Å². The first-order chi connectivity index (χ1) is 6.11. The van der Waals surface area contributed by atoms with Crippen LogP contribution in [0, 0.1) is 5.92 Å². The molecular weight excluding hydrogens is 248 g/mol. The maximum Gasteiger partial charge on any atom is 0.0809 e. The van der Waals surface area contributed by atoms with Crippen molar-refractivity contribution in [3.05, 3.63) is 20.8 Å². The van der Waals surface area contributed by atoms with E-state index in [0.29, 0.717) is 5.92 Å². The van der Waals surface area contributed by atoms with E-state index in [1.807, 2.05) is 10.8 Å². The van der Waals surface area contributed by atoms with Crippen LogP contribution < -0.4 is 0 Å². The van der Waals surface area contributed by atoms with Crippen LogP contribution in [0.15, 0.2) is 15.2 Å². The van der Waals surface area contributed by atoms with Crippen LogP contribution >= 0.6 is 27.3 Å². The summed E-state index contributed by atoms with van der Waals surface area (Å²) in [7, 11) is 0. The third kappa shape index (κ3) is 3.41. The molecule has 0 aliphatic rings. The lowest BCUT2D eigenvalue weighted by Crippen LogP contribution is -1.98. The maximum atomic E-state index is 9.82. The molecule has 74 valence electrons. The van der Waals surface area contributed by atoms with Gasteiger partial charge in [0.2, 0.25) is 0 Å². The molecule has 0 aliphatic heterocycles. The van der Waals surface area contributed by atoms with Gasteiger partial charge in [0.05, 0.1) is 6.10 Å². The van der Waals surface area contributed by atoms with Crippen LogP contribution in [0.3, 0.4) is 0 Å². The fourth-order valence-corrected chi connectivity index (χ4v) is 2.78. The van der Waals surface area contributed by atoms with Crippen molar-refractivity contribution in [3.63, 3.8) is 0 Å². The highest BCUT2D eigenvalue weighted by molar-refractivity contribution is 9.10. The van der Waals surface area contributed by atoms with Crippen molar-refractivity contribution in [1.29, 1.82) is 0 Å². The predicted octanol–water partition coefficient (Wildman–Crippen LogP) is 3.98. The van der Waals surface area contributed by atoms with Gasteiger partial charge in [-0.1, -0.05) is 13.8 Å². The molecule has 1 unspecified atom stereocenters. The standard InChI is InChI=1S/C10H15BrOS/c1-7(2)3-4-10(12)8-5-13-6-9(8)11/h5-7,10,12H,3-4H2,1-2H3. The first-order valence-electron chi connectivity index (χ1n) is 4.51. The minimum Gasteiger partial charge on any atom is -0.388 e. The second kappa shape index (κ2) is 5.13. The molecule has 0 spiro atoms. The normalized spacial score (nSPS) is 13.6. The van der Waals surface area contributed by atoms with Crippen molar-refractivity contribution in [2.75, 3.05) is 0 Å². The fraction of sp³-hybridized carbons (Fsp3) is 0.600. The van der Waals surface area contributed by atoms with Crippen molar-refractivity contribution in [2.24, 2.45) is 5.92 Å². The Bertz CT molecular complexity index is 257. The smallest absolute Gasteiger partial charge is 0.0809 e. The molecule has 0 radical (unpaired) electrons. The summed E-state index contributed by atoms with van der Waals surface area (Å²) in [5.74, 6) is 0.659. The molecule has 1 rings (SSSR count). The van der Waals surface area contributed by atoms with E-state index in [0.717, 1.165) is 22.9 Å². The van der Waals surface area contributed by atoms with Gasteiger partial charge in [-0.3, -0.25) is 0 Å². The van der Waals surface area contributed by atoms with Crippen LogP contribution in [-0.4, -0.2) is 5.11 Å². The molecule has 0 bridgehead atoms. The number of thiophene rings is 1. The van der Waals surface area contributed by atoms with Gasteiger partial charge in [0.15, 0.2) is 0 Å². The van der Waals surface area contributed by atoms with Gasteiger partial charge in [0.1, 0.15) is 0 Å². The summed E-state index contributed by atoms with van der Waals surface area (Å²) in [5, 5.41) is 13.8. The molecule has 1 heterocycles. The summed E-state index contributed by atoms with van der Waals surface area (Å²) in [4.78, 5) is 0. The second-order valence-corrected chi connectivity index (χ2v) is 5.26. The molecule has 0 aliphatic carbocycles. The molecule has 1 N–H and O–H groups in total. The second-order valence-electron chi connectivity index (χ2n) is 3.66. The Hall–Kier alpha value is 0.140. The van der Waals surface area contributed by atoms with Crippen LogP contribution in [-0.2, 0) is 0 Å². The van der Waals surface area contributed by atoms with Crippen LogP contribution in [0.5, 0.6) is 0 Å². The quantitative estimate of drug-likeness (QED) is 0.871. The fourth-order valence-electron chi connectivity index (χ4n) is 1.18.